The SMILES string of the molecule is C[C@H](Nc1ccccc1-c1ccccc1)C(=O)N[C@H](C)[C@H]1C[C@H]2CC[C@H]1C2. The molecule has 2 aromatic carbocycles. The molecule has 3 nitrogen and oxygen atoms in total. The zero-order valence-electron chi connectivity index (χ0n) is 16.3. The number of benzene rings is 2. The van der Waals surface area contributed by atoms with Crippen LogP contribution in [0.3, 0.4) is 0 Å². The maximum atomic E-state index is 12.8. The molecule has 2 saturated carbocycles. The number of carbonyl (C=O) groups excluding carboxylic acids is 1. The van der Waals surface area contributed by atoms with Crippen molar-refractivity contribution in [2.24, 2.45) is 17.8 Å². The Morgan fingerprint density at radius 2 is 1.70 bits per heavy atom. The molecule has 0 aliphatic heterocycles. The second-order valence-electron chi connectivity index (χ2n) is 8.41. The van der Waals surface area contributed by atoms with E-state index in [0.29, 0.717) is 5.92 Å². The molecule has 3 heteroatoms. The van der Waals surface area contributed by atoms with Crippen LogP contribution in [0.25, 0.3) is 11.1 Å². The molecule has 0 heterocycles. The lowest BCUT2D eigenvalue weighted by Gasteiger charge is -2.29. The molecule has 0 radical (unpaired) electrons. The van der Waals surface area contributed by atoms with Crippen LogP contribution in [0, 0.1) is 17.8 Å². The minimum Gasteiger partial charge on any atom is -0.373 e. The predicted octanol–water partition coefficient (Wildman–Crippen LogP) is 5.09. The van der Waals surface area contributed by atoms with Gasteiger partial charge in [-0.25, -0.2) is 0 Å². The van der Waals surface area contributed by atoms with Gasteiger partial charge in [0.25, 0.3) is 0 Å². The highest BCUT2D eigenvalue weighted by Gasteiger charge is 2.42. The minimum absolute atomic E-state index is 0.0909. The number of para-hydroxylation sites is 1. The van der Waals surface area contributed by atoms with Gasteiger partial charge in [0.1, 0.15) is 6.04 Å². The summed E-state index contributed by atoms with van der Waals surface area (Å²) in [7, 11) is 0. The quantitative estimate of drug-likeness (QED) is 0.751. The number of hydrogen-bond acceptors (Lipinski definition) is 2. The standard InChI is InChI=1S/C24H30N2O/c1-16(22-15-18-12-13-20(22)14-18)26-24(27)17(2)25-23-11-7-6-10-21(23)19-8-4-3-5-9-19/h3-11,16-18,20,22,25H,12-15H2,1-2H3,(H,26,27)/t16-,17+,18+,20+,22-/m1/s1. The van der Waals surface area contributed by atoms with E-state index >= 15 is 0 Å². The summed E-state index contributed by atoms with van der Waals surface area (Å²) in [5, 5.41) is 6.71. The van der Waals surface area contributed by atoms with Gasteiger partial charge in [-0.1, -0.05) is 55.0 Å². The predicted molar refractivity (Wildman–Crippen MR) is 112 cm³/mol. The summed E-state index contributed by atoms with van der Waals surface area (Å²) in [5.74, 6) is 2.49. The van der Waals surface area contributed by atoms with Crippen molar-refractivity contribution < 1.29 is 4.79 Å². The molecule has 27 heavy (non-hydrogen) atoms. The van der Waals surface area contributed by atoms with Crippen LogP contribution in [0.4, 0.5) is 5.69 Å². The van der Waals surface area contributed by atoms with Crippen molar-refractivity contribution in [3.05, 3.63) is 54.6 Å². The Kier molecular flexibility index (Phi) is 5.20. The fourth-order valence-corrected chi connectivity index (χ4v) is 5.14. The van der Waals surface area contributed by atoms with Crippen LogP contribution >= 0.6 is 0 Å². The number of fused-ring (bicyclic) bond motifs is 2. The third-order valence-electron chi connectivity index (χ3n) is 6.58. The van der Waals surface area contributed by atoms with E-state index in [9.17, 15) is 4.79 Å². The van der Waals surface area contributed by atoms with Gasteiger partial charge in [-0.3, -0.25) is 4.79 Å². The fraction of sp³-hybridized carbons (Fsp3) is 0.458. The lowest BCUT2D eigenvalue weighted by atomic mass is 9.84. The monoisotopic (exact) mass is 362 g/mol. The first-order chi connectivity index (χ1) is 13.1. The molecule has 2 fully saturated rings. The zero-order valence-corrected chi connectivity index (χ0v) is 16.3. The second kappa shape index (κ2) is 7.75. The highest BCUT2D eigenvalue weighted by Crippen LogP contribution is 2.49. The Balaban J connectivity index is 1.40. The molecule has 2 aliphatic rings. The summed E-state index contributed by atoms with van der Waals surface area (Å²) in [5.41, 5.74) is 3.28. The number of carbonyl (C=O) groups is 1. The van der Waals surface area contributed by atoms with E-state index in [-0.39, 0.29) is 18.0 Å². The molecule has 4 rings (SSSR count). The van der Waals surface area contributed by atoms with Gasteiger partial charge in [-0.05, 0) is 62.5 Å². The van der Waals surface area contributed by atoms with Crippen LogP contribution in [0.1, 0.15) is 39.5 Å². The summed E-state index contributed by atoms with van der Waals surface area (Å²) in [4.78, 5) is 12.8. The molecule has 2 aromatic rings. The Morgan fingerprint density at radius 3 is 2.41 bits per heavy atom. The number of anilines is 1. The largest absolute Gasteiger partial charge is 0.373 e. The average molecular weight is 363 g/mol. The van der Waals surface area contributed by atoms with E-state index in [4.69, 9.17) is 0 Å². The van der Waals surface area contributed by atoms with Crippen LogP contribution in [-0.4, -0.2) is 18.0 Å². The number of amides is 1. The van der Waals surface area contributed by atoms with E-state index in [1.807, 2.05) is 43.3 Å². The molecule has 2 bridgehead atoms. The van der Waals surface area contributed by atoms with Crippen LogP contribution in [0.5, 0.6) is 0 Å². The van der Waals surface area contributed by atoms with Crippen molar-refractivity contribution in [2.75, 3.05) is 5.32 Å². The van der Waals surface area contributed by atoms with Crippen LogP contribution in [-0.2, 0) is 4.79 Å². The highest BCUT2D eigenvalue weighted by molar-refractivity contribution is 5.87. The minimum atomic E-state index is -0.268. The topological polar surface area (TPSA) is 41.1 Å². The van der Waals surface area contributed by atoms with Crippen molar-refractivity contribution in [2.45, 2.75) is 51.6 Å². The summed E-state index contributed by atoms with van der Waals surface area (Å²) in [6.07, 6.45) is 5.43. The van der Waals surface area contributed by atoms with E-state index in [0.717, 1.165) is 28.7 Å². The molecule has 142 valence electrons. The van der Waals surface area contributed by atoms with Crippen molar-refractivity contribution in [3.8, 4) is 11.1 Å². The van der Waals surface area contributed by atoms with Crippen molar-refractivity contribution in [1.82, 2.24) is 5.32 Å². The molecule has 5 atom stereocenters. The van der Waals surface area contributed by atoms with Crippen molar-refractivity contribution >= 4 is 11.6 Å². The summed E-state index contributed by atoms with van der Waals surface area (Å²) in [6, 6.07) is 18.5. The molecular formula is C24H30N2O. The Morgan fingerprint density at radius 1 is 0.963 bits per heavy atom. The van der Waals surface area contributed by atoms with Gasteiger partial charge in [-0.15, -0.1) is 0 Å². The first-order valence-corrected chi connectivity index (χ1v) is 10.3. The first-order valence-electron chi connectivity index (χ1n) is 10.3. The van der Waals surface area contributed by atoms with Gasteiger partial charge in [0.05, 0.1) is 0 Å². The van der Waals surface area contributed by atoms with E-state index in [1.54, 1.807) is 0 Å². The summed E-state index contributed by atoms with van der Waals surface area (Å²) < 4.78 is 0. The average Bonchev–Trinajstić information content (AvgIpc) is 3.32. The summed E-state index contributed by atoms with van der Waals surface area (Å²) in [6.45, 7) is 4.14. The number of hydrogen-bond donors (Lipinski definition) is 2. The normalized spacial score (nSPS) is 25.8. The van der Waals surface area contributed by atoms with Gasteiger partial charge < -0.3 is 10.6 Å². The van der Waals surface area contributed by atoms with Gasteiger partial charge in [-0.2, -0.15) is 0 Å². The molecule has 2 N–H and O–H groups in total. The first kappa shape index (κ1) is 18.1. The fourth-order valence-electron chi connectivity index (χ4n) is 5.14. The molecule has 1 amide bonds. The Labute approximate surface area is 162 Å². The molecular weight excluding hydrogens is 332 g/mol. The van der Waals surface area contributed by atoms with E-state index < -0.39 is 0 Å². The van der Waals surface area contributed by atoms with Crippen LogP contribution in [0.15, 0.2) is 54.6 Å². The third-order valence-corrected chi connectivity index (χ3v) is 6.58. The molecule has 0 aromatic heterocycles. The van der Waals surface area contributed by atoms with Crippen LogP contribution in [0.2, 0.25) is 0 Å². The number of rotatable bonds is 6. The van der Waals surface area contributed by atoms with Gasteiger partial charge in [0.15, 0.2) is 0 Å². The third kappa shape index (κ3) is 3.87. The van der Waals surface area contributed by atoms with E-state index in [2.05, 4.69) is 35.8 Å². The highest BCUT2D eigenvalue weighted by atomic mass is 16.2. The van der Waals surface area contributed by atoms with Gasteiger partial charge in [0.2, 0.25) is 5.91 Å². The Bertz CT molecular complexity index is 788. The molecule has 0 spiro atoms. The van der Waals surface area contributed by atoms with Gasteiger partial charge in [0, 0.05) is 17.3 Å². The summed E-state index contributed by atoms with van der Waals surface area (Å²) >= 11 is 0. The molecule has 0 saturated heterocycles. The molecule has 2 aliphatic carbocycles. The second-order valence-corrected chi connectivity index (χ2v) is 8.41. The Hall–Kier alpha value is -2.29. The van der Waals surface area contributed by atoms with Gasteiger partial charge >= 0.3 is 0 Å². The van der Waals surface area contributed by atoms with Crippen molar-refractivity contribution in [1.29, 1.82) is 0 Å². The number of nitrogens with one attached hydrogen (secondary N) is 2. The zero-order chi connectivity index (χ0) is 18.8. The lowest BCUT2D eigenvalue weighted by Crippen LogP contribution is -2.46. The molecule has 0 unspecified atom stereocenters. The van der Waals surface area contributed by atoms with E-state index in [1.165, 1.54) is 25.7 Å². The maximum absolute atomic E-state index is 12.8. The smallest absolute Gasteiger partial charge is 0.242 e. The van der Waals surface area contributed by atoms with Crippen LogP contribution < -0.4 is 10.6 Å². The lowest BCUT2D eigenvalue weighted by molar-refractivity contribution is -0.122. The maximum Gasteiger partial charge on any atom is 0.242 e. The van der Waals surface area contributed by atoms with Crippen molar-refractivity contribution in [3.63, 3.8) is 0 Å².